The summed E-state index contributed by atoms with van der Waals surface area (Å²) >= 11 is 0. The number of nitrogens with zero attached hydrogens (tertiary/aromatic N) is 2. The summed E-state index contributed by atoms with van der Waals surface area (Å²) in [5.74, 6) is -1.06. The molecule has 0 aromatic heterocycles. The summed E-state index contributed by atoms with van der Waals surface area (Å²) in [6.07, 6.45) is 0. The van der Waals surface area contributed by atoms with Crippen LogP contribution in [-0.2, 0) is 5.41 Å². The van der Waals surface area contributed by atoms with Crippen LogP contribution in [0.2, 0.25) is 0 Å². The third kappa shape index (κ3) is 3.49. The number of rotatable bonds is 3. The largest absolute Gasteiger partial charge is 0.506 e. The number of carboxylic acid groups (broad SMARTS) is 1. The number of carbonyl (C=O) groups is 1. The van der Waals surface area contributed by atoms with Crippen LogP contribution < -0.4 is 0 Å². The molecular formula is C17H18N2O3. The normalized spacial score (nSPS) is 11.8. The molecule has 2 aromatic carbocycles. The van der Waals surface area contributed by atoms with Crippen LogP contribution in [0.25, 0.3) is 0 Å². The number of azo groups is 1. The summed E-state index contributed by atoms with van der Waals surface area (Å²) in [4.78, 5) is 11.1. The molecule has 0 atom stereocenters. The van der Waals surface area contributed by atoms with Gasteiger partial charge in [-0.25, -0.2) is 4.79 Å². The van der Waals surface area contributed by atoms with Crippen molar-refractivity contribution in [2.24, 2.45) is 10.2 Å². The fraction of sp³-hybridized carbons (Fsp3) is 0.235. The molecule has 2 aromatic rings. The number of phenolic OH excluding ortho intramolecular Hbond substituents is 1. The zero-order valence-corrected chi connectivity index (χ0v) is 12.7. The molecule has 0 unspecified atom stereocenters. The summed E-state index contributed by atoms with van der Waals surface area (Å²) in [6, 6.07) is 11.5. The highest BCUT2D eigenvalue weighted by atomic mass is 16.4. The average molecular weight is 298 g/mol. The minimum Gasteiger partial charge on any atom is -0.506 e. The van der Waals surface area contributed by atoms with Crippen molar-refractivity contribution in [1.82, 2.24) is 0 Å². The Balaban J connectivity index is 2.41. The van der Waals surface area contributed by atoms with Crippen molar-refractivity contribution < 1.29 is 15.0 Å². The fourth-order valence-corrected chi connectivity index (χ4v) is 1.92. The van der Waals surface area contributed by atoms with Crippen LogP contribution in [-0.4, -0.2) is 16.2 Å². The lowest BCUT2D eigenvalue weighted by Gasteiger charge is -2.19. The Morgan fingerprint density at radius 1 is 1.00 bits per heavy atom. The third-order valence-corrected chi connectivity index (χ3v) is 3.24. The predicted octanol–water partition coefficient (Wildman–Crippen LogP) is 4.80. The molecule has 0 amide bonds. The van der Waals surface area contributed by atoms with E-state index in [0.29, 0.717) is 5.69 Å². The molecule has 2 N–H and O–H groups in total. The molecule has 0 saturated heterocycles. The molecule has 5 nitrogen and oxygen atoms in total. The first kappa shape index (κ1) is 15.7. The first-order valence-electron chi connectivity index (χ1n) is 6.86. The number of phenols is 1. The van der Waals surface area contributed by atoms with Crippen molar-refractivity contribution in [3.63, 3.8) is 0 Å². The van der Waals surface area contributed by atoms with E-state index in [1.165, 1.54) is 6.07 Å². The summed E-state index contributed by atoms with van der Waals surface area (Å²) in [6.45, 7) is 6.17. The lowest BCUT2D eigenvalue weighted by molar-refractivity contribution is 0.0697. The van der Waals surface area contributed by atoms with Gasteiger partial charge in [0.1, 0.15) is 17.1 Å². The van der Waals surface area contributed by atoms with Crippen molar-refractivity contribution in [2.75, 3.05) is 0 Å². The van der Waals surface area contributed by atoms with Gasteiger partial charge >= 0.3 is 5.97 Å². The lowest BCUT2D eigenvalue weighted by Crippen LogP contribution is -2.10. The van der Waals surface area contributed by atoms with Gasteiger partial charge in [-0.2, -0.15) is 0 Å². The Kier molecular flexibility index (Phi) is 4.26. The maximum Gasteiger partial charge on any atom is 0.337 e. The highest BCUT2D eigenvalue weighted by molar-refractivity contribution is 5.93. The van der Waals surface area contributed by atoms with Crippen LogP contribution in [0.4, 0.5) is 11.4 Å². The molecule has 0 aliphatic carbocycles. The van der Waals surface area contributed by atoms with Crippen molar-refractivity contribution in [3.05, 3.63) is 53.6 Å². The smallest absolute Gasteiger partial charge is 0.337 e. The first-order chi connectivity index (χ1) is 10.3. The number of hydrogen-bond acceptors (Lipinski definition) is 4. The second kappa shape index (κ2) is 5.97. The SMILES string of the molecule is CC(C)(C)c1ccc(O)c(N=Nc2ccccc2C(=O)O)c1. The van der Waals surface area contributed by atoms with Gasteiger partial charge in [0.2, 0.25) is 0 Å². The zero-order valence-electron chi connectivity index (χ0n) is 12.7. The average Bonchev–Trinajstić information content (AvgIpc) is 2.45. The summed E-state index contributed by atoms with van der Waals surface area (Å²) < 4.78 is 0. The Bertz CT molecular complexity index is 731. The maximum absolute atomic E-state index is 11.1. The summed E-state index contributed by atoms with van der Waals surface area (Å²) in [5, 5.41) is 27.0. The number of benzene rings is 2. The molecule has 0 aliphatic rings. The van der Waals surface area contributed by atoms with Gasteiger partial charge in [0.05, 0.1) is 5.56 Å². The van der Waals surface area contributed by atoms with Gasteiger partial charge in [0.15, 0.2) is 0 Å². The second-order valence-electron chi connectivity index (χ2n) is 5.98. The molecule has 114 valence electrons. The Labute approximate surface area is 129 Å². The van der Waals surface area contributed by atoms with Gasteiger partial charge < -0.3 is 10.2 Å². The van der Waals surface area contributed by atoms with Crippen LogP contribution in [0.3, 0.4) is 0 Å². The molecule has 0 fully saturated rings. The van der Waals surface area contributed by atoms with E-state index < -0.39 is 5.97 Å². The molecule has 0 heterocycles. The zero-order chi connectivity index (χ0) is 16.3. The van der Waals surface area contributed by atoms with E-state index in [9.17, 15) is 9.90 Å². The Hall–Kier alpha value is -2.69. The van der Waals surface area contributed by atoms with Crippen molar-refractivity contribution in [1.29, 1.82) is 0 Å². The maximum atomic E-state index is 11.1. The number of hydrogen-bond donors (Lipinski definition) is 2. The molecular weight excluding hydrogens is 280 g/mol. The highest BCUT2D eigenvalue weighted by Crippen LogP contribution is 2.34. The minimum atomic E-state index is -1.07. The molecule has 0 saturated carbocycles. The Morgan fingerprint density at radius 2 is 1.64 bits per heavy atom. The highest BCUT2D eigenvalue weighted by Gasteiger charge is 2.15. The van der Waals surface area contributed by atoms with Crippen LogP contribution >= 0.6 is 0 Å². The second-order valence-corrected chi connectivity index (χ2v) is 5.98. The molecule has 5 heteroatoms. The van der Waals surface area contributed by atoms with Crippen LogP contribution in [0, 0.1) is 0 Å². The van der Waals surface area contributed by atoms with E-state index in [1.54, 1.807) is 30.3 Å². The van der Waals surface area contributed by atoms with Crippen LogP contribution in [0.5, 0.6) is 5.75 Å². The van der Waals surface area contributed by atoms with Crippen LogP contribution in [0.15, 0.2) is 52.7 Å². The fourth-order valence-electron chi connectivity index (χ4n) is 1.92. The molecule has 0 radical (unpaired) electrons. The van der Waals surface area contributed by atoms with E-state index in [4.69, 9.17) is 5.11 Å². The molecule has 0 bridgehead atoms. The molecule has 0 spiro atoms. The molecule has 2 rings (SSSR count). The van der Waals surface area contributed by atoms with Gasteiger partial charge in [-0.05, 0) is 35.2 Å². The number of aromatic hydroxyl groups is 1. The Morgan fingerprint density at radius 3 is 2.27 bits per heavy atom. The monoisotopic (exact) mass is 298 g/mol. The topological polar surface area (TPSA) is 82.2 Å². The number of carboxylic acids is 1. The van der Waals surface area contributed by atoms with Gasteiger partial charge in [-0.1, -0.05) is 39.0 Å². The number of aromatic carboxylic acids is 1. The predicted molar refractivity (Wildman–Crippen MR) is 84.4 cm³/mol. The van der Waals surface area contributed by atoms with E-state index in [0.717, 1.165) is 5.56 Å². The lowest BCUT2D eigenvalue weighted by atomic mass is 9.87. The van der Waals surface area contributed by atoms with E-state index >= 15 is 0 Å². The standard InChI is InChI=1S/C17H18N2O3/c1-17(2,3)11-8-9-15(20)14(10-11)19-18-13-7-5-4-6-12(13)16(21)22/h4-10,20H,1-3H3,(H,21,22). The third-order valence-electron chi connectivity index (χ3n) is 3.24. The van der Waals surface area contributed by atoms with E-state index in [-0.39, 0.29) is 22.4 Å². The summed E-state index contributed by atoms with van der Waals surface area (Å²) in [5.41, 5.74) is 1.54. The summed E-state index contributed by atoms with van der Waals surface area (Å²) in [7, 11) is 0. The van der Waals surface area contributed by atoms with Crippen molar-refractivity contribution in [2.45, 2.75) is 26.2 Å². The van der Waals surface area contributed by atoms with Crippen molar-refractivity contribution in [3.8, 4) is 5.75 Å². The molecule has 0 aliphatic heterocycles. The van der Waals surface area contributed by atoms with E-state index in [1.807, 2.05) is 6.07 Å². The van der Waals surface area contributed by atoms with Crippen molar-refractivity contribution >= 4 is 17.3 Å². The first-order valence-corrected chi connectivity index (χ1v) is 6.86. The minimum absolute atomic E-state index is 0.00422. The van der Waals surface area contributed by atoms with Gasteiger partial charge in [-0.3, -0.25) is 0 Å². The van der Waals surface area contributed by atoms with Gasteiger partial charge in [0, 0.05) is 0 Å². The van der Waals surface area contributed by atoms with Gasteiger partial charge in [-0.15, -0.1) is 10.2 Å². The van der Waals surface area contributed by atoms with Crippen LogP contribution in [0.1, 0.15) is 36.7 Å². The van der Waals surface area contributed by atoms with Gasteiger partial charge in [0.25, 0.3) is 0 Å². The molecule has 22 heavy (non-hydrogen) atoms. The van der Waals surface area contributed by atoms with E-state index in [2.05, 4.69) is 31.0 Å². The quantitative estimate of drug-likeness (QED) is 0.798.